The van der Waals surface area contributed by atoms with E-state index in [2.05, 4.69) is 9.71 Å². The SMILES string of the molecule is CC(C)OCCS(=O)(=O)NCCc1nc(C(=O)O)cs1. The molecule has 0 saturated carbocycles. The molecule has 1 heterocycles. The molecule has 0 radical (unpaired) electrons. The minimum atomic E-state index is -3.37. The molecule has 0 spiro atoms. The summed E-state index contributed by atoms with van der Waals surface area (Å²) in [6, 6.07) is 0. The van der Waals surface area contributed by atoms with E-state index >= 15 is 0 Å². The molecule has 0 unspecified atom stereocenters. The van der Waals surface area contributed by atoms with Crippen molar-refractivity contribution in [2.45, 2.75) is 26.4 Å². The van der Waals surface area contributed by atoms with Gasteiger partial charge in [0.1, 0.15) is 0 Å². The maximum atomic E-state index is 11.6. The van der Waals surface area contributed by atoms with Gasteiger partial charge in [-0.15, -0.1) is 11.3 Å². The Kier molecular flexibility index (Phi) is 6.53. The van der Waals surface area contributed by atoms with Crippen molar-refractivity contribution in [1.82, 2.24) is 9.71 Å². The molecule has 0 aliphatic heterocycles. The molecule has 0 bridgehead atoms. The van der Waals surface area contributed by atoms with E-state index in [1.165, 1.54) is 16.7 Å². The van der Waals surface area contributed by atoms with E-state index in [9.17, 15) is 13.2 Å². The zero-order chi connectivity index (χ0) is 15.2. The van der Waals surface area contributed by atoms with Crippen LogP contribution in [0.3, 0.4) is 0 Å². The number of hydrogen-bond donors (Lipinski definition) is 2. The number of carboxylic acid groups (broad SMARTS) is 1. The Bertz CT molecular complexity index is 539. The number of ether oxygens (including phenoxy) is 1. The van der Waals surface area contributed by atoms with Gasteiger partial charge in [0.05, 0.1) is 23.5 Å². The van der Waals surface area contributed by atoms with E-state index in [0.717, 1.165) is 0 Å². The lowest BCUT2D eigenvalue weighted by Crippen LogP contribution is -2.30. The zero-order valence-electron chi connectivity index (χ0n) is 11.3. The molecular weight excluding hydrogens is 304 g/mol. The van der Waals surface area contributed by atoms with E-state index < -0.39 is 16.0 Å². The summed E-state index contributed by atoms with van der Waals surface area (Å²) in [6.45, 7) is 4.01. The highest BCUT2D eigenvalue weighted by atomic mass is 32.2. The number of carbonyl (C=O) groups is 1. The number of sulfonamides is 1. The van der Waals surface area contributed by atoms with Gasteiger partial charge in [-0.2, -0.15) is 0 Å². The van der Waals surface area contributed by atoms with Crippen LogP contribution >= 0.6 is 11.3 Å². The molecular formula is C11H18N2O5S2. The number of nitrogens with one attached hydrogen (secondary N) is 1. The Balaban J connectivity index is 2.33. The van der Waals surface area contributed by atoms with Crippen LogP contribution in [0.1, 0.15) is 29.3 Å². The van der Waals surface area contributed by atoms with Crippen molar-refractivity contribution in [3.63, 3.8) is 0 Å². The second kappa shape index (κ2) is 7.67. The Morgan fingerprint density at radius 2 is 2.25 bits per heavy atom. The van der Waals surface area contributed by atoms with Gasteiger partial charge in [-0.25, -0.2) is 22.9 Å². The minimum Gasteiger partial charge on any atom is -0.476 e. The highest BCUT2D eigenvalue weighted by Gasteiger charge is 2.12. The van der Waals surface area contributed by atoms with Crippen LogP contribution < -0.4 is 4.72 Å². The van der Waals surface area contributed by atoms with Crippen molar-refractivity contribution in [3.05, 3.63) is 16.1 Å². The van der Waals surface area contributed by atoms with Crippen LogP contribution in [0.25, 0.3) is 0 Å². The topological polar surface area (TPSA) is 106 Å². The summed E-state index contributed by atoms with van der Waals surface area (Å²) in [5, 5.41) is 10.7. The standard InChI is InChI=1S/C11H18N2O5S2/c1-8(2)18-5-6-20(16,17)12-4-3-10-13-9(7-19-10)11(14)15/h7-8,12H,3-6H2,1-2H3,(H,14,15). The summed E-state index contributed by atoms with van der Waals surface area (Å²) in [5.41, 5.74) is -0.0156. The van der Waals surface area contributed by atoms with Gasteiger partial charge >= 0.3 is 5.97 Å². The molecule has 9 heteroatoms. The number of hydrogen-bond acceptors (Lipinski definition) is 6. The molecule has 0 aliphatic rings. The Morgan fingerprint density at radius 3 is 2.80 bits per heavy atom. The maximum absolute atomic E-state index is 11.6. The maximum Gasteiger partial charge on any atom is 0.355 e. The van der Waals surface area contributed by atoms with Crippen molar-refractivity contribution in [3.8, 4) is 0 Å². The first-order valence-electron chi connectivity index (χ1n) is 6.07. The average molecular weight is 322 g/mol. The Morgan fingerprint density at radius 1 is 1.55 bits per heavy atom. The fourth-order valence-electron chi connectivity index (χ4n) is 1.30. The van der Waals surface area contributed by atoms with Gasteiger partial charge in [0.2, 0.25) is 10.0 Å². The summed E-state index contributed by atoms with van der Waals surface area (Å²) in [6.07, 6.45) is 0.359. The van der Waals surface area contributed by atoms with Gasteiger partial charge in [0.15, 0.2) is 5.69 Å². The van der Waals surface area contributed by atoms with Gasteiger partial charge in [-0.3, -0.25) is 0 Å². The monoisotopic (exact) mass is 322 g/mol. The first-order valence-corrected chi connectivity index (χ1v) is 8.60. The third-order valence-electron chi connectivity index (χ3n) is 2.23. The lowest BCUT2D eigenvalue weighted by Gasteiger charge is -2.08. The van der Waals surface area contributed by atoms with Crippen LogP contribution in [0.4, 0.5) is 0 Å². The van der Waals surface area contributed by atoms with Crippen LogP contribution in [0.5, 0.6) is 0 Å². The summed E-state index contributed by atoms with van der Waals surface area (Å²) in [5.74, 6) is -1.18. The number of aromatic nitrogens is 1. The lowest BCUT2D eigenvalue weighted by molar-refractivity contribution is 0.0691. The highest BCUT2D eigenvalue weighted by Crippen LogP contribution is 2.10. The number of rotatable bonds is 9. The molecule has 20 heavy (non-hydrogen) atoms. The number of thiazole rings is 1. The van der Waals surface area contributed by atoms with Crippen LogP contribution in [0, 0.1) is 0 Å². The van der Waals surface area contributed by atoms with Gasteiger partial charge in [-0.05, 0) is 13.8 Å². The number of carboxylic acids is 1. The normalized spacial score (nSPS) is 11.9. The van der Waals surface area contributed by atoms with Gasteiger partial charge < -0.3 is 9.84 Å². The smallest absolute Gasteiger partial charge is 0.355 e. The fraction of sp³-hybridized carbons (Fsp3) is 0.636. The molecule has 7 nitrogen and oxygen atoms in total. The van der Waals surface area contributed by atoms with E-state index in [1.807, 2.05) is 13.8 Å². The van der Waals surface area contributed by atoms with Crippen molar-refractivity contribution in [2.75, 3.05) is 18.9 Å². The van der Waals surface area contributed by atoms with E-state index in [0.29, 0.717) is 11.4 Å². The van der Waals surface area contributed by atoms with Gasteiger partial charge in [0.25, 0.3) is 0 Å². The van der Waals surface area contributed by atoms with Gasteiger partial charge in [-0.1, -0.05) is 0 Å². The Hall–Kier alpha value is -1.03. The van der Waals surface area contributed by atoms with Crippen LogP contribution in [-0.4, -0.2) is 49.5 Å². The summed E-state index contributed by atoms with van der Waals surface area (Å²) in [4.78, 5) is 14.5. The molecule has 2 N–H and O–H groups in total. The fourth-order valence-corrected chi connectivity index (χ4v) is 2.95. The molecule has 0 amide bonds. The second-order valence-electron chi connectivity index (χ2n) is 4.31. The molecule has 0 atom stereocenters. The van der Waals surface area contributed by atoms with E-state index in [1.54, 1.807) is 0 Å². The third kappa shape index (κ3) is 6.42. The summed E-state index contributed by atoms with van der Waals surface area (Å²) < 4.78 is 30.8. The summed E-state index contributed by atoms with van der Waals surface area (Å²) in [7, 11) is -3.37. The van der Waals surface area contributed by atoms with Gasteiger partial charge in [0, 0.05) is 18.3 Å². The molecule has 0 aromatic carbocycles. The highest BCUT2D eigenvalue weighted by molar-refractivity contribution is 7.89. The number of nitrogens with zero attached hydrogens (tertiary/aromatic N) is 1. The number of aromatic carboxylic acids is 1. The van der Waals surface area contributed by atoms with Crippen molar-refractivity contribution < 1.29 is 23.1 Å². The van der Waals surface area contributed by atoms with E-state index in [4.69, 9.17) is 9.84 Å². The molecule has 0 saturated heterocycles. The van der Waals surface area contributed by atoms with E-state index in [-0.39, 0.29) is 30.7 Å². The second-order valence-corrected chi connectivity index (χ2v) is 7.18. The molecule has 0 aliphatic carbocycles. The van der Waals surface area contributed by atoms with Crippen molar-refractivity contribution >= 4 is 27.3 Å². The third-order valence-corrected chi connectivity index (χ3v) is 4.49. The molecule has 1 rings (SSSR count). The molecule has 1 aromatic rings. The van der Waals surface area contributed by atoms with Crippen LogP contribution in [0.2, 0.25) is 0 Å². The molecule has 114 valence electrons. The first-order chi connectivity index (χ1) is 9.30. The predicted octanol–water partition coefficient (Wildman–Crippen LogP) is 0.728. The Labute approximate surface area is 122 Å². The molecule has 0 fully saturated rings. The zero-order valence-corrected chi connectivity index (χ0v) is 13.0. The largest absolute Gasteiger partial charge is 0.476 e. The quantitative estimate of drug-likeness (QED) is 0.694. The van der Waals surface area contributed by atoms with Crippen LogP contribution in [0.15, 0.2) is 5.38 Å². The lowest BCUT2D eigenvalue weighted by atomic mass is 10.4. The first kappa shape index (κ1) is 17.0. The van der Waals surface area contributed by atoms with Crippen LogP contribution in [-0.2, 0) is 21.2 Å². The average Bonchev–Trinajstić information content (AvgIpc) is 2.76. The molecule has 1 aromatic heterocycles. The minimum absolute atomic E-state index is 0.00467. The predicted molar refractivity (Wildman–Crippen MR) is 75.7 cm³/mol. The summed E-state index contributed by atoms with van der Waals surface area (Å²) >= 11 is 1.20. The van der Waals surface area contributed by atoms with Crippen molar-refractivity contribution in [2.24, 2.45) is 0 Å². The van der Waals surface area contributed by atoms with Crippen molar-refractivity contribution in [1.29, 1.82) is 0 Å².